The molecule has 2 rings (SSSR count). The number of nitrogens with one attached hydrogen (secondary N) is 2. The third kappa shape index (κ3) is 7.33. The van der Waals surface area contributed by atoms with Gasteiger partial charge in [0.15, 0.2) is 11.5 Å². The van der Waals surface area contributed by atoms with Crippen molar-refractivity contribution in [2.24, 2.45) is 0 Å². The van der Waals surface area contributed by atoms with Gasteiger partial charge in [0.05, 0.1) is 13.2 Å². The smallest absolute Gasteiger partial charge is 0.220 e. The van der Waals surface area contributed by atoms with E-state index in [0.717, 1.165) is 48.1 Å². The minimum Gasteiger partial charge on any atom is -0.490 e. The van der Waals surface area contributed by atoms with E-state index in [0.29, 0.717) is 19.6 Å². The Morgan fingerprint density at radius 2 is 2.00 bits per heavy atom. The second kappa shape index (κ2) is 11.4. The molecule has 130 valence electrons. The number of benzene rings is 1. The molecule has 1 amide bonds. The summed E-state index contributed by atoms with van der Waals surface area (Å²) in [6.45, 7) is 3.05. The fraction of sp³-hybridized carbons (Fsp3) is 0.562. The number of carbonyl (C=O) groups is 1. The van der Waals surface area contributed by atoms with Crippen LogP contribution in [0.2, 0.25) is 0 Å². The van der Waals surface area contributed by atoms with E-state index in [1.54, 1.807) is 11.8 Å². The largest absolute Gasteiger partial charge is 0.490 e. The molecule has 1 aliphatic rings. The van der Waals surface area contributed by atoms with Gasteiger partial charge in [0, 0.05) is 30.0 Å². The topological polar surface area (TPSA) is 59.6 Å². The molecule has 7 heteroatoms. The summed E-state index contributed by atoms with van der Waals surface area (Å²) in [4.78, 5) is 12.8. The van der Waals surface area contributed by atoms with Crippen LogP contribution < -0.4 is 20.1 Å². The number of hydrogen-bond donors (Lipinski definition) is 2. The van der Waals surface area contributed by atoms with Gasteiger partial charge >= 0.3 is 0 Å². The highest BCUT2D eigenvalue weighted by Crippen LogP contribution is 2.33. The van der Waals surface area contributed by atoms with E-state index in [4.69, 9.17) is 9.47 Å². The Morgan fingerprint density at radius 3 is 2.78 bits per heavy atom. The number of rotatable bonds is 8. The second-order valence-corrected chi connectivity index (χ2v) is 6.23. The van der Waals surface area contributed by atoms with Gasteiger partial charge in [0.25, 0.3) is 0 Å². The molecule has 1 aliphatic heterocycles. The van der Waals surface area contributed by atoms with Crippen LogP contribution in [0, 0.1) is 0 Å². The summed E-state index contributed by atoms with van der Waals surface area (Å²) in [5.41, 5.74) is 0. The molecule has 0 saturated heterocycles. The van der Waals surface area contributed by atoms with Crippen molar-refractivity contribution in [3.8, 4) is 11.5 Å². The summed E-state index contributed by atoms with van der Waals surface area (Å²) in [5.74, 6) is 2.48. The maximum atomic E-state index is 11.7. The molecular formula is C16H25ClN2O3S. The third-order valence-electron chi connectivity index (χ3n) is 3.24. The zero-order chi connectivity index (χ0) is 15.6. The summed E-state index contributed by atoms with van der Waals surface area (Å²) in [6, 6.07) is 5.96. The lowest BCUT2D eigenvalue weighted by atomic mass is 10.3. The molecule has 1 heterocycles. The quantitative estimate of drug-likeness (QED) is 0.551. The molecule has 23 heavy (non-hydrogen) atoms. The number of amides is 1. The molecule has 0 fully saturated rings. The number of halogens is 1. The van der Waals surface area contributed by atoms with E-state index in [2.05, 4.69) is 10.6 Å². The van der Waals surface area contributed by atoms with Crippen LogP contribution in [0.1, 0.15) is 19.3 Å². The van der Waals surface area contributed by atoms with Crippen LogP contribution in [-0.4, -0.2) is 45.0 Å². The van der Waals surface area contributed by atoms with E-state index in [1.807, 2.05) is 25.2 Å². The van der Waals surface area contributed by atoms with Crippen LogP contribution >= 0.6 is 24.2 Å². The van der Waals surface area contributed by atoms with Gasteiger partial charge < -0.3 is 20.1 Å². The molecule has 5 nitrogen and oxygen atoms in total. The number of carbonyl (C=O) groups excluding carboxylic acids is 1. The lowest BCUT2D eigenvalue weighted by molar-refractivity contribution is -0.120. The molecule has 2 N–H and O–H groups in total. The van der Waals surface area contributed by atoms with E-state index in [1.165, 1.54) is 0 Å². The van der Waals surface area contributed by atoms with E-state index in [9.17, 15) is 4.79 Å². The summed E-state index contributed by atoms with van der Waals surface area (Å²) < 4.78 is 11.3. The van der Waals surface area contributed by atoms with Crippen LogP contribution in [0.25, 0.3) is 0 Å². The molecule has 0 spiro atoms. The van der Waals surface area contributed by atoms with Crippen LogP contribution in [0.4, 0.5) is 0 Å². The van der Waals surface area contributed by atoms with E-state index < -0.39 is 0 Å². The van der Waals surface area contributed by atoms with Crippen molar-refractivity contribution in [3.63, 3.8) is 0 Å². The summed E-state index contributed by atoms with van der Waals surface area (Å²) in [7, 11) is 1.91. The highest BCUT2D eigenvalue weighted by molar-refractivity contribution is 7.99. The monoisotopic (exact) mass is 360 g/mol. The first-order chi connectivity index (χ1) is 10.8. The number of thioether (sulfide) groups is 1. The summed E-state index contributed by atoms with van der Waals surface area (Å²) in [5, 5.41) is 5.98. The maximum Gasteiger partial charge on any atom is 0.220 e. The van der Waals surface area contributed by atoms with Crippen molar-refractivity contribution < 1.29 is 14.3 Å². The van der Waals surface area contributed by atoms with Crippen molar-refractivity contribution >= 4 is 30.1 Å². The minimum absolute atomic E-state index is 0. The summed E-state index contributed by atoms with van der Waals surface area (Å²) in [6.07, 6.45) is 2.39. The van der Waals surface area contributed by atoms with Crippen LogP contribution in [0.5, 0.6) is 11.5 Å². The normalized spacial score (nSPS) is 12.9. The Balaban J connectivity index is 0.00000264. The predicted octanol–water partition coefficient (Wildman–Crippen LogP) is 2.48. The van der Waals surface area contributed by atoms with Crippen molar-refractivity contribution in [1.82, 2.24) is 10.6 Å². The fourth-order valence-electron chi connectivity index (χ4n) is 2.08. The average Bonchev–Trinajstić information content (AvgIpc) is 2.76. The Hall–Kier alpha value is -1.11. The molecule has 1 aromatic carbocycles. The van der Waals surface area contributed by atoms with Crippen molar-refractivity contribution in [1.29, 1.82) is 0 Å². The Bertz CT molecular complexity index is 488. The van der Waals surface area contributed by atoms with E-state index in [-0.39, 0.29) is 18.3 Å². The third-order valence-corrected chi connectivity index (χ3v) is 4.24. The SMILES string of the molecule is CNCCCNC(=O)CCSc1ccc2c(c1)OCCCO2.Cl. The first-order valence-electron chi connectivity index (χ1n) is 7.73. The Morgan fingerprint density at radius 1 is 1.22 bits per heavy atom. The highest BCUT2D eigenvalue weighted by atomic mass is 35.5. The van der Waals surface area contributed by atoms with Crippen molar-refractivity contribution in [3.05, 3.63) is 18.2 Å². The van der Waals surface area contributed by atoms with Gasteiger partial charge in [-0.2, -0.15) is 0 Å². The second-order valence-electron chi connectivity index (χ2n) is 5.06. The fourth-order valence-corrected chi connectivity index (χ4v) is 2.95. The average molecular weight is 361 g/mol. The lowest BCUT2D eigenvalue weighted by Gasteiger charge is -2.09. The number of hydrogen-bond acceptors (Lipinski definition) is 5. The maximum absolute atomic E-state index is 11.7. The molecule has 0 radical (unpaired) electrons. The molecule has 0 saturated carbocycles. The van der Waals surface area contributed by atoms with Crippen molar-refractivity contribution in [2.75, 3.05) is 39.1 Å². The molecular weight excluding hydrogens is 336 g/mol. The first-order valence-corrected chi connectivity index (χ1v) is 8.72. The van der Waals surface area contributed by atoms with Gasteiger partial charge in [-0.25, -0.2) is 0 Å². The standard InChI is InChI=1S/C16H24N2O3S.ClH/c1-17-7-2-8-18-16(19)6-11-22-13-4-5-14-15(12-13)21-10-3-9-20-14;/h4-5,12,17H,2-3,6-11H2,1H3,(H,18,19);1H. The number of fused-ring (bicyclic) bond motifs is 1. The van der Waals surface area contributed by atoms with Gasteiger partial charge in [-0.15, -0.1) is 24.2 Å². The molecule has 0 unspecified atom stereocenters. The molecule has 0 bridgehead atoms. The van der Waals surface area contributed by atoms with E-state index >= 15 is 0 Å². The van der Waals surface area contributed by atoms with Gasteiger partial charge in [0.2, 0.25) is 5.91 Å². The first kappa shape index (κ1) is 19.9. The van der Waals surface area contributed by atoms with Gasteiger partial charge in [-0.05, 0) is 38.2 Å². The van der Waals surface area contributed by atoms with Crippen LogP contribution in [0.3, 0.4) is 0 Å². The number of ether oxygens (including phenoxy) is 2. The minimum atomic E-state index is 0. The zero-order valence-electron chi connectivity index (χ0n) is 13.4. The van der Waals surface area contributed by atoms with Crippen LogP contribution in [0.15, 0.2) is 23.1 Å². The summed E-state index contributed by atoms with van der Waals surface area (Å²) >= 11 is 1.66. The lowest BCUT2D eigenvalue weighted by Crippen LogP contribution is -2.26. The van der Waals surface area contributed by atoms with Gasteiger partial charge in [-0.1, -0.05) is 0 Å². The van der Waals surface area contributed by atoms with Gasteiger partial charge in [-0.3, -0.25) is 4.79 Å². The van der Waals surface area contributed by atoms with Crippen LogP contribution in [-0.2, 0) is 4.79 Å². The molecule has 1 aromatic rings. The molecule has 0 aliphatic carbocycles. The predicted molar refractivity (Wildman–Crippen MR) is 96.2 cm³/mol. The molecule has 0 aromatic heterocycles. The zero-order valence-corrected chi connectivity index (χ0v) is 15.1. The molecule has 0 atom stereocenters. The highest BCUT2D eigenvalue weighted by Gasteiger charge is 2.11. The Kier molecular flexibility index (Phi) is 9.91. The van der Waals surface area contributed by atoms with Gasteiger partial charge in [0.1, 0.15) is 0 Å². The van der Waals surface area contributed by atoms with Crippen molar-refractivity contribution in [2.45, 2.75) is 24.2 Å². The Labute approximate surface area is 148 Å².